The first-order chi connectivity index (χ1) is 7.14. The summed E-state index contributed by atoms with van der Waals surface area (Å²) < 4.78 is 0. The normalized spacial score (nSPS) is 15.3. The second-order valence-electron chi connectivity index (χ2n) is 5.09. The zero-order valence-electron chi connectivity index (χ0n) is 10.6. The van der Waals surface area contributed by atoms with Gasteiger partial charge >= 0.3 is 5.97 Å². The van der Waals surface area contributed by atoms with Crippen molar-refractivity contribution in [3.8, 4) is 0 Å². The fourth-order valence-corrected chi connectivity index (χ4v) is 1.05. The summed E-state index contributed by atoms with van der Waals surface area (Å²) in [5.41, 5.74) is 0.0548. The third kappa shape index (κ3) is 5.70. The molecule has 94 valence electrons. The summed E-state index contributed by atoms with van der Waals surface area (Å²) in [5, 5.41) is 14.4. The van der Waals surface area contributed by atoms with Gasteiger partial charge in [0.15, 0.2) is 0 Å². The maximum absolute atomic E-state index is 10.8. The molecule has 0 fully saturated rings. The predicted molar refractivity (Wildman–Crippen MR) is 62.2 cm³/mol. The molecular weight excluding hydrogens is 208 g/mol. The van der Waals surface area contributed by atoms with E-state index < -0.39 is 12.0 Å². The molecule has 2 atom stereocenters. The molecule has 0 radical (unpaired) electrons. The van der Waals surface area contributed by atoms with E-state index in [1.54, 1.807) is 0 Å². The van der Waals surface area contributed by atoms with Crippen LogP contribution >= 0.6 is 0 Å². The van der Waals surface area contributed by atoms with Crippen molar-refractivity contribution >= 4 is 11.9 Å². The predicted octanol–water partition coefficient (Wildman–Crippen LogP) is 0.600. The van der Waals surface area contributed by atoms with Crippen molar-refractivity contribution in [1.82, 2.24) is 10.6 Å². The number of hydrogen-bond acceptors (Lipinski definition) is 3. The topological polar surface area (TPSA) is 78.4 Å². The van der Waals surface area contributed by atoms with Crippen molar-refractivity contribution in [1.29, 1.82) is 0 Å². The van der Waals surface area contributed by atoms with Crippen LogP contribution in [0.1, 0.15) is 34.6 Å². The zero-order chi connectivity index (χ0) is 12.9. The maximum atomic E-state index is 10.8. The van der Waals surface area contributed by atoms with Crippen LogP contribution in [0.15, 0.2) is 0 Å². The second kappa shape index (κ2) is 5.84. The minimum Gasteiger partial charge on any atom is -0.480 e. The summed E-state index contributed by atoms with van der Waals surface area (Å²) in [6, 6.07) is -0.703. The molecule has 0 heterocycles. The van der Waals surface area contributed by atoms with Gasteiger partial charge in [-0.2, -0.15) is 0 Å². The molecule has 0 aromatic heterocycles. The summed E-state index contributed by atoms with van der Waals surface area (Å²) in [4.78, 5) is 21.6. The minimum absolute atomic E-state index is 0.0548. The van der Waals surface area contributed by atoms with Gasteiger partial charge in [-0.1, -0.05) is 20.8 Å². The maximum Gasteiger partial charge on any atom is 0.327 e. The summed E-state index contributed by atoms with van der Waals surface area (Å²) in [6.45, 7) is 9.74. The minimum atomic E-state index is -1.02. The molecule has 0 aromatic carbocycles. The van der Waals surface area contributed by atoms with Crippen LogP contribution in [-0.2, 0) is 9.59 Å². The van der Waals surface area contributed by atoms with Crippen LogP contribution in [0.2, 0.25) is 0 Å². The molecule has 0 bridgehead atoms. The average molecular weight is 230 g/mol. The molecule has 2 unspecified atom stereocenters. The van der Waals surface area contributed by atoms with Crippen molar-refractivity contribution in [2.24, 2.45) is 5.41 Å². The van der Waals surface area contributed by atoms with Crippen molar-refractivity contribution < 1.29 is 14.7 Å². The molecule has 0 saturated heterocycles. The summed E-state index contributed by atoms with van der Waals surface area (Å²) in [6.07, 6.45) is 0. The fraction of sp³-hybridized carbons (Fsp3) is 0.818. The second-order valence-corrected chi connectivity index (χ2v) is 5.09. The molecule has 5 nitrogen and oxygen atoms in total. The SMILES string of the molecule is CC(=O)NC(CNC(C)C(C)(C)C)C(=O)O. The number of carboxylic acid groups (broad SMARTS) is 1. The molecule has 0 aliphatic rings. The Morgan fingerprint density at radius 3 is 2.12 bits per heavy atom. The molecule has 0 aromatic rings. The number of amides is 1. The number of carboxylic acids is 1. The van der Waals surface area contributed by atoms with Crippen LogP contribution < -0.4 is 10.6 Å². The van der Waals surface area contributed by atoms with Crippen LogP contribution in [-0.4, -0.2) is 35.6 Å². The van der Waals surface area contributed by atoms with Gasteiger partial charge in [0, 0.05) is 19.5 Å². The van der Waals surface area contributed by atoms with Crippen LogP contribution in [0.4, 0.5) is 0 Å². The van der Waals surface area contributed by atoms with Gasteiger partial charge in [-0.3, -0.25) is 4.79 Å². The van der Waals surface area contributed by atoms with E-state index in [0.717, 1.165) is 0 Å². The number of rotatable bonds is 5. The number of carbonyl (C=O) groups is 2. The van der Waals surface area contributed by atoms with E-state index in [0.29, 0.717) is 0 Å². The number of nitrogens with one attached hydrogen (secondary N) is 2. The van der Waals surface area contributed by atoms with E-state index in [-0.39, 0.29) is 23.9 Å². The number of carbonyl (C=O) groups excluding carboxylic acids is 1. The first-order valence-electron chi connectivity index (χ1n) is 5.38. The Kier molecular flexibility index (Phi) is 5.44. The van der Waals surface area contributed by atoms with E-state index in [2.05, 4.69) is 31.4 Å². The van der Waals surface area contributed by atoms with Gasteiger partial charge in [0.1, 0.15) is 6.04 Å². The largest absolute Gasteiger partial charge is 0.480 e. The zero-order valence-corrected chi connectivity index (χ0v) is 10.6. The molecule has 0 rings (SSSR count). The van der Waals surface area contributed by atoms with Crippen LogP contribution in [0.3, 0.4) is 0 Å². The fourth-order valence-electron chi connectivity index (χ4n) is 1.05. The van der Waals surface area contributed by atoms with Crippen molar-refractivity contribution in [2.45, 2.75) is 46.7 Å². The Morgan fingerprint density at radius 1 is 1.31 bits per heavy atom. The molecular formula is C11H22N2O3. The number of hydrogen-bond donors (Lipinski definition) is 3. The lowest BCUT2D eigenvalue weighted by Crippen LogP contribution is -2.50. The molecule has 0 aliphatic heterocycles. The lowest BCUT2D eigenvalue weighted by atomic mass is 9.88. The van der Waals surface area contributed by atoms with Gasteiger partial charge in [0.2, 0.25) is 5.91 Å². The highest BCUT2D eigenvalue weighted by Gasteiger charge is 2.23. The van der Waals surface area contributed by atoms with E-state index in [9.17, 15) is 9.59 Å². The summed E-state index contributed by atoms with van der Waals surface area (Å²) in [7, 11) is 0. The van der Waals surface area contributed by atoms with Crippen LogP contribution in [0.5, 0.6) is 0 Å². The molecule has 16 heavy (non-hydrogen) atoms. The van der Waals surface area contributed by atoms with E-state index >= 15 is 0 Å². The Balaban J connectivity index is 4.23. The Morgan fingerprint density at radius 2 is 1.81 bits per heavy atom. The molecule has 1 amide bonds. The average Bonchev–Trinajstić information content (AvgIpc) is 2.08. The van der Waals surface area contributed by atoms with E-state index in [4.69, 9.17) is 5.11 Å². The monoisotopic (exact) mass is 230 g/mol. The highest BCUT2D eigenvalue weighted by molar-refractivity contribution is 5.82. The molecule has 0 spiro atoms. The smallest absolute Gasteiger partial charge is 0.327 e. The lowest BCUT2D eigenvalue weighted by Gasteiger charge is -2.29. The van der Waals surface area contributed by atoms with Crippen molar-refractivity contribution in [3.05, 3.63) is 0 Å². The molecule has 0 aliphatic carbocycles. The van der Waals surface area contributed by atoms with Gasteiger partial charge in [-0.15, -0.1) is 0 Å². The quantitative estimate of drug-likeness (QED) is 0.646. The summed E-state index contributed by atoms with van der Waals surface area (Å²) >= 11 is 0. The van der Waals surface area contributed by atoms with E-state index in [1.165, 1.54) is 6.92 Å². The summed E-state index contributed by atoms with van der Waals surface area (Å²) in [5.74, 6) is -1.36. The van der Waals surface area contributed by atoms with E-state index in [1.807, 2.05) is 6.92 Å². The third-order valence-corrected chi connectivity index (χ3v) is 2.60. The van der Waals surface area contributed by atoms with Crippen molar-refractivity contribution in [3.63, 3.8) is 0 Å². The van der Waals surface area contributed by atoms with Crippen LogP contribution in [0, 0.1) is 5.41 Å². The molecule has 0 saturated carbocycles. The highest BCUT2D eigenvalue weighted by Crippen LogP contribution is 2.18. The Labute approximate surface area is 96.6 Å². The van der Waals surface area contributed by atoms with Gasteiger partial charge in [-0.05, 0) is 12.3 Å². The molecule has 3 N–H and O–H groups in total. The Bertz CT molecular complexity index is 258. The van der Waals surface area contributed by atoms with Gasteiger partial charge in [0.05, 0.1) is 0 Å². The van der Waals surface area contributed by atoms with Gasteiger partial charge in [0.25, 0.3) is 0 Å². The molecule has 5 heteroatoms. The first-order valence-corrected chi connectivity index (χ1v) is 5.38. The lowest BCUT2D eigenvalue weighted by molar-refractivity contribution is -0.141. The third-order valence-electron chi connectivity index (χ3n) is 2.60. The van der Waals surface area contributed by atoms with Crippen molar-refractivity contribution in [2.75, 3.05) is 6.54 Å². The Hall–Kier alpha value is -1.10. The standard InChI is InChI=1S/C11H22N2O3/c1-7(11(3,4)5)12-6-9(10(15)16)13-8(2)14/h7,9,12H,6H2,1-5H3,(H,13,14)(H,15,16). The highest BCUT2D eigenvalue weighted by atomic mass is 16.4. The van der Waals surface area contributed by atoms with Crippen LogP contribution in [0.25, 0.3) is 0 Å². The van der Waals surface area contributed by atoms with Gasteiger partial charge < -0.3 is 15.7 Å². The van der Waals surface area contributed by atoms with Gasteiger partial charge in [-0.25, -0.2) is 4.79 Å². The first kappa shape index (κ1) is 14.9. The number of aliphatic carboxylic acids is 1.